The third-order valence-electron chi connectivity index (χ3n) is 6.00. The fourth-order valence-electron chi connectivity index (χ4n) is 4.70. The minimum Gasteiger partial charge on any atom is -0.392 e. The van der Waals surface area contributed by atoms with Gasteiger partial charge in [0.05, 0.1) is 21.7 Å². The van der Waals surface area contributed by atoms with Crippen molar-refractivity contribution in [3.63, 3.8) is 0 Å². The summed E-state index contributed by atoms with van der Waals surface area (Å²) in [4.78, 5) is 15.0. The number of hydrogen-bond acceptors (Lipinski definition) is 4. The van der Waals surface area contributed by atoms with Gasteiger partial charge in [-0.2, -0.15) is 5.26 Å². The summed E-state index contributed by atoms with van der Waals surface area (Å²) in [5.74, 6) is 0. The molecule has 0 atom stereocenters. The number of nitrogens with one attached hydrogen (secondary N) is 1. The van der Waals surface area contributed by atoms with Crippen molar-refractivity contribution >= 4 is 22.3 Å². The lowest BCUT2D eigenvalue weighted by molar-refractivity contribution is -0.383. The molecule has 0 aliphatic heterocycles. The molecule has 4 aromatic rings. The van der Waals surface area contributed by atoms with Crippen LogP contribution in [-0.2, 0) is 12.8 Å². The van der Waals surface area contributed by atoms with Crippen LogP contribution in [0.15, 0.2) is 48.5 Å². The molecule has 6 nitrogen and oxygen atoms in total. The number of anilines is 1. The first kappa shape index (κ1) is 18.0. The number of nitrogens with two attached hydrogens (primary N) is 1. The van der Waals surface area contributed by atoms with Crippen molar-refractivity contribution in [1.82, 2.24) is 4.98 Å². The van der Waals surface area contributed by atoms with Gasteiger partial charge in [0, 0.05) is 16.5 Å². The number of aromatic amines is 1. The number of nitriles is 1. The Morgan fingerprint density at radius 3 is 2.50 bits per heavy atom. The highest BCUT2D eigenvalue weighted by molar-refractivity contribution is 6.01. The van der Waals surface area contributed by atoms with Gasteiger partial charge < -0.3 is 10.7 Å². The predicted molar refractivity (Wildman–Crippen MR) is 117 cm³/mol. The molecule has 6 heteroatoms. The molecule has 0 saturated heterocycles. The van der Waals surface area contributed by atoms with Crippen LogP contribution < -0.4 is 5.73 Å². The first-order chi connectivity index (χ1) is 14.5. The van der Waals surface area contributed by atoms with Gasteiger partial charge in [0.15, 0.2) is 0 Å². The number of aromatic nitrogens is 1. The highest BCUT2D eigenvalue weighted by Crippen LogP contribution is 2.49. The SMILES string of the molecule is Cc1cccc2c3c([nH]c12)-c1c(C#N)c(N)c([N+](=O)[O-])c(-c2ccccc2)c1CC3. The summed E-state index contributed by atoms with van der Waals surface area (Å²) in [5, 5.41) is 23.1. The molecule has 0 unspecified atom stereocenters. The molecule has 0 saturated carbocycles. The summed E-state index contributed by atoms with van der Waals surface area (Å²) in [6, 6.07) is 17.5. The van der Waals surface area contributed by atoms with E-state index in [4.69, 9.17) is 5.73 Å². The number of fused-ring (bicyclic) bond motifs is 5. The third kappa shape index (κ3) is 2.36. The van der Waals surface area contributed by atoms with Gasteiger partial charge in [0.25, 0.3) is 0 Å². The van der Waals surface area contributed by atoms with Crippen LogP contribution in [0.25, 0.3) is 33.3 Å². The van der Waals surface area contributed by atoms with Gasteiger partial charge in [-0.05, 0) is 42.0 Å². The Morgan fingerprint density at radius 2 is 1.80 bits per heavy atom. The van der Waals surface area contributed by atoms with Crippen molar-refractivity contribution in [1.29, 1.82) is 5.26 Å². The molecule has 3 aromatic carbocycles. The zero-order valence-corrected chi connectivity index (χ0v) is 16.3. The van der Waals surface area contributed by atoms with Crippen molar-refractivity contribution < 1.29 is 4.92 Å². The number of nitrogen functional groups attached to an aromatic ring is 1. The molecule has 1 aliphatic carbocycles. The normalized spacial score (nSPS) is 12.3. The standard InChI is InChI=1S/C24H18N4O2/c1-13-6-5-9-15-16-10-11-17-19(14-7-3-2-4-8-14)24(28(29)30)21(26)18(12-25)20(17)23(16)27-22(13)15/h2-9,27H,10-11,26H2,1H3. The fraction of sp³-hybridized carbons (Fsp3) is 0.125. The Morgan fingerprint density at radius 1 is 1.07 bits per heavy atom. The maximum absolute atomic E-state index is 12.0. The van der Waals surface area contributed by atoms with Gasteiger partial charge in [0.1, 0.15) is 11.8 Å². The maximum Gasteiger partial charge on any atom is 0.301 e. The number of benzene rings is 3. The molecule has 0 fully saturated rings. The second kappa shape index (κ2) is 6.46. The van der Waals surface area contributed by atoms with E-state index in [0.29, 0.717) is 17.5 Å². The molecule has 3 N–H and O–H groups in total. The first-order valence-corrected chi connectivity index (χ1v) is 9.71. The lowest BCUT2D eigenvalue weighted by atomic mass is 9.80. The number of nitrogens with zero attached hydrogens (tertiary/aromatic N) is 2. The van der Waals surface area contributed by atoms with E-state index in [1.54, 1.807) is 0 Å². The Kier molecular flexibility index (Phi) is 3.87. The monoisotopic (exact) mass is 394 g/mol. The van der Waals surface area contributed by atoms with Crippen molar-refractivity contribution in [2.75, 3.05) is 5.73 Å². The minimum atomic E-state index is -0.469. The molecule has 146 valence electrons. The largest absolute Gasteiger partial charge is 0.392 e. The Bertz CT molecular complexity index is 1390. The number of rotatable bonds is 2. The number of aryl methyl sites for hydroxylation is 2. The van der Waals surface area contributed by atoms with E-state index in [1.165, 1.54) is 0 Å². The highest BCUT2D eigenvalue weighted by Gasteiger charge is 2.34. The maximum atomic E-state index is 12.0. The van der Waals surface area contributed by atoms with Crippen LogP contribution in [0.4, 0.5) is 11.4 Å². The molecule has 0 amide bonds. The zero-order chi connectivity index (χ0) is 21.0. The van der Waals surface area contributed by atoms with Crippen LogP contribution in [-0.4, -0.2) is 9.91 Å². The van der Waals surface area contributed by atoms with E-state index in [9.17, 15) is 15.4 Å². The number of H-pyrrole nitrogens is 1. The van der Waals surface area contributed by atoms with Crippen molar-refractivity contribution in [3.8, 4) is 28.5 Å². The average Bonchev–Trinajstić information content (AvgIpc) is 3.13. The van der Waals surface area contributed by atoms with Crippen molar-refractivity contribution in [3.05, 3.63) is 80.9 Å². The summed E-state index contributed by atoms with van der Waals surface area (Å²) < 4.78 is 0. The summed E-state index contributed by atoms with van der Waals surface area (Å²) in [6.07, 6.45) is 1.33. The molecule has 0 bridgehead atoms. The molecular formula is C24H18N4O2. The van der Waals surface area contributed by atoms with E-state index < -0.39 is 4.92 Å². The molecule has 30 heavy (non-hydrogen) atoms. The van der Waals surface area contributed by atoms with Gasteiger partial charge >= 0.3 is 5.69 Å². The highest BCUT2D eigenvalue weighted by atomic mass is 16.6. The smallest absolute Gasteiger partial charge is 0.301 e. The van der Waals surface area contributed by atoms with Crippen LogP contribution in [0, 0.1) is 28.4 Å². The number of para-hydroxylation sites is 1. The van der Waals surface area contributed by atoms with Gasteiger partial charge in [-0.15, -0.1) is 0 Å². The minimum absolute atomic E-state index is 0.0802. The average molecular weight is 394 g/mol. The summed E-state index contributed by atoms with van der Waals surface area (Å²) in [5.41, 5.74) is 13.0. The Hall–Kier alpha value is -4.11. The van der Waals surface area contributed by atoms with Crippen molar-refractivity contribution in [2.24, 2.45) is 0 Å². The third-order valence-corrected chi connectivity index (χ3v) is 6.00. The summed E-state index contributed by atoms with van der Waals surface area (Å²) in [6.45, 7) is 2.04. The van der Waals surface area contributed by atoms with E-state index >= 15 is 0 Å². The molecule has 0 radical (unpaired) electrons. The van der Waals surface area contributed by atoms with Crippen LogP contribution in [0.1, 0.15) is 22.3 Å². The van der Waals surface area contributed by atoms with Crippen LogP contribution >= 0.6 is 0 Å². The van der Waals surface area contributed by atoms with Gasteiger partial charge in [0.2, 0.25) is 0 Å². The first-order valence-electron chi connectivity index (χ1n) is 9.71. The second-order valence-corrected chi connectivity index (χ2v) is 7.58. The quantitative estimate of drug-likeness (QED) is 0.274. The molecule has 1 heterocycles. The molecule has 1 aliphatic rings. The lowest BCUT2D eigenvalue weighted by Crippen LogP contribution is -2.12. The lowest BCUT2D eigenvalue weighted by Gasteiger charge is -2.23. The Labute approximate surface area is 172 Å². The van der Waals surface area contributed by atoms with E-state index in [0.717, 1.165) is 45.3 Å². The number of nitro benzene ring substituents is 1. The van der Waals surface area contributed by atoms with E-state index in [-0.39, 0.29) is 16.9 Å². The molecule has 1 aromatic heterocycles. The topological polar surface area (TPSA) is 109 Å². The van der Waals surface area contributed by atoms with Gasteiger partial charge in [-0.3, -0.25) is 10.1 Å². The van der Waals surface area contributed by atoms with Crippen LogP contribution in [0.5, 0.6) is 0 Å². The fourth-order valence-corrected chi connectivity index (χ4v) is 4.70. The summed E-state index contributed by atoms with van der Waals surface area (Å²) in [7, 11) is 0. The number of nitro groups is 1. The second-order valence-electron chi connectivity index (χ2n) is 7.58. The van der Waals surface area contributed by atoms with Crippen molar-refractivity contribution in [2.45, 2.75) is 19.8 Å². The Balaban J connectivity index is 1.96. The van der Waals surface area contributed by atoms with Gasteiger partial charge in [-0.25, -0.2) is 0 Å². The summed E-state index contributed by atoms with van der Waals surface area (Å²) >= 11 is 0. The van der Waals surface area contributed by atoms with Crippen LogP contribution in [0.3, 0.4) is 0 Å². The molecular weight excluding hydrogens is 376 g/mol. The molecule has 0 spiro atoms. The van der Waals surface area contributed by atoms with E-state index in [1.807, 2.05) is 49.4 Å². The zero-order valence-electron chi connectivity index (χ0n) is 16.3. The van der Waals surface area contributed by atoms with E-state index in [2.05, 4.69) is 17.1 Å². The number of hydrogen-bond donors (Lipinski definition) is 2. The predicted octanol–water partition coefficient (Wildman–Crippen LogP) is 5.27. The molecule has 5 rings (SSSR count). The van der Waals surface area contributed by atoms with Gasteiger partial charge in [-0.1, -0.05) is 48.5 Å². The van der Waals surface area contributed by atoms with Crippen LogP contribution in [0.2, 0.25) is 0 Å².